The lowest BCUT2D eigenvalue weighted by Gasteiger charge is -2.18. The number of aromatic nitrogens is 2. The van der Waals surface area contributed by atoms with Crippen molar-refractivity contribution in [2.45, 2.75) is 33.8 Å². The van der Waals surface area contributed by atoms with E-state index in [9.17, 15) is 0 Å². The normalized spacial score (nSPS) is 11.5. The van der Waals surface area contributed by atoms with E-state index in [1.54, 1.807) is 12.4 Å². The van der Waals surface area contributed by atoms with Crippen molar-refractivity contribution in [3.8, 4) is 11.5 Å². The zero-order valence-corrected chi connectivity index (χ0v) is 17.2. The molecule has 1 aromatic heterocycles. The van der Waals surface area contributed by atoms with Crippen LogP contribution in [0.5, 0.6) is 11.5 Å². The Hall–Kier alpha value is -1.54. The van der Waals surface area contributed by atoms with Crippen molar-refractivity contribution >= 4 is 44.0 Å². The van der Waals surface area contributed by atoms with Crippen LogP contribution in [0, 0.1) is 6.92 Å². The average Bonchev–Trinajstić information content (AvgIpc) is 2.83. The summed E-state index contributed by atoms with van der Waals surface area (Å²) in [6.45, 7) is 8.26. The summed E-state index contributed by atoms with van der Waals surface area (Å²) in [6.07, 6.45) is 3.48. The summed E-state index contributed by atoms with van der Waals surface area (Å²) in [4.78, 5) is 4.12. The molecule has 130 valence electrons. The third-order valence-electron chi connectivity index (χ3n) is 2.97. The third-order valence-corrected chi connectivity index (χ3v) is 5.11. The summed E-state index contributed by atoms with van der Waals surface area (Å²) in [7, 11) is 0. The quantitative estimate of drug-likeness (QED) is 0.651. The molecule has 2 aromatic rings. The van der Waals surface area contributed by atoms with E-state index >= 15 is 0 Å². The molecule has 0 bridgehead atoms. The Morgan fingerprint density at radius 2 is 2.08 bits per heavy atom. The largest absolute Gasteiger partial charge is 0.490 e. The number of hydrogen-bond donors (Lipinski definition) is 1. The lowest BCUT2D eigenvalue weighted by atomic mass is 10.2. The molecule has 2 rings (SSSR count). The molecule has 0 radical (unpaired) electrons. The maximum absolute atomic E-state index is 5.87. The zero-order valence-electron chi connectivity index (χ0n) is 14.0. The number of nitrogen functional groups attached to an aromatic ring is 1. The molecule has 0 saturated heterocycles. The number of hydrogen-bond acceptors (Lipinski definition) is 5. The first-order chi connectivity index (χ1) is 11.3. The van der Waals surface area contributed by atoms with Crippen LogP contribution in [0.25, 0.3) is 0 Å². The van der Waals surface area contributed by atoms with Gasteiger partial charge in [-0.25, -0.2) is 9.66 Å². The molecule has 0 aliphatic carbocycles. The Kier molecular flexibility index (Phi) is 6.28. The number of nitrogens with zero attached hydrogens (tertiary/aromatic N) is 3. The molecular weight excluding hydrogens is 440 g/mol. The van der Waals surface area contributed by atoms with Crippen LogP contribution in [-0.4, -0.2) is 28.6 Å². The van der Waals surface area contributed by atoms with Gasteiger partial charge in [0.25, 0.3) is 0 Å². The van der Waals surface area contributed by atoms with Gasteiger partial charge in [0.2, 0.25) is 5.95 Å². The van der Waals surface area contributed by atoms with Crippen LogP contribution in [-0.2, 0) is 0 Å². The number of benzene rings is 1. The molecule has 1 heterocycles. The molecular formula is C16H20Br2N4O2. The first-order valence-corrected chi connectivity index (χ1v) is 9.09. The fraction of sp³-hybridized carbons (Fsp3) is 0.375. The topological polar surface area (TPSA) is 74.7 Å². The Labute approximate surface area is 158 Å². The second-order valence-corrected chi connectivity index (χ2v) is 6.94. The first kappa shape index (κ1) is 18.8. The molecule has 0 saturated carbocycles. The highest BCUT2D eigenvalue weighted by Crippen LogP contribution is 2.43. The third kappa shape index (κ3) is 4.30. The molecule has 0 aliphatic heterocycles. The van der Waals surface area contributed by atoms with Gasteiger partial charge in [0.05, 0.1) is 35.3 Å². The van der Waals surface area contributed by atoms with Gasteiger partial charge in [-0.2, -0.15) is 5.10 Å². The predicted molar refractivity (Wildman–Crippen MR) is 103 cm³/mol. The highest BCUT2D eigenvalue weighted by Gasteiger charge is 2.18. The summed E-state index contributed by atoms with van der Waals surface area (Å²) >= 11 is 7.14. The zero-order chi connectivity index (χ0) is 17.9. The number of anilines is 1. The number of rotatable bonds is 6. The smallest absolute Gasteiger partial charge is 0.221 e. The molecule has 1 aromatic carbocycles. The number of ether oxygens (including phenoxy) is 2. The molecule has 2 N–H and O–H groups in total. The second kappa shape index (κ2) is 8.02. The first-order valence-electron chi connectivity index (χ1n) is 7.50. The molecule has 8 heteroatoms. The van der Waals surface area contributed by atoms with Crippen LogP contribution in [0.4, 0.5) is 5.95 Å². The molecule has 0 aliphatic rings. The van der Waals surface area contributed by atoms with Gasteiger partial charge < -0.3 is 15.2 Å². The lowest BCUT2D eigenvalue weighted by molar-refractivity contribution is 0.222. The molecule has 0 amide bonds. The van der Waals surface area contributed by atoms with Crippen molar-refractivity contribution < 1.29 is 9.47 Å². The Morgan fingerprint density at radius 3 is 2.62 bits per heavy atom. The van der Waals surface area contributed by atoms with Crippen LogP contribution in [0.3, 0.4) is 0 Å². The summed E-state index contributed by atoms with van der Waals surface area (Å²) < 4.78 is 14.7. The number of aryl methyl sites for hydroxylation is 1. The maximum atomic E-state index is 5.87. The van der Waals surface area contributed by atoms with Gasteiger partial charge in [0.1, 0.15) is 0 Å². The number of nitrogens with two attached hydrogens (primary N) is 1. The molecule has 0 fully saturated rings. The molecule has 24 heavy (non-hydrogen) atoms. The Bertz CT molecular complexity index is 757. The van der Waals surface area contributed by atoms with Crippen LogP contribution < -0.4 is 15.2 Å². The van der Waals surface area contributed by atoms with E-state index in [-0.39, 0.29) is 6.10 Å². The SMILES string of the molecule is CCOc1cc(C=Nn2cc(C)nc2N)c(Br)c(Br)c1OC(C)C. The minimum absolute atomic E-state index is 0.0284. The Balaban J connectivity index is 2.45. The van der Waals surface area contributed by atoms with Crippen molar-refractivity contribution in [2.75, 3.05) is 12.3 Å². The van der Waals surface area contributed by atoms with E-state index in [1.165, 1.54) is 4.68 Å². The standard InChI is InChI=1S/C16H20Br2N4O2/c1-5-23-12-6-11(7-20-22-8-10(4)21-16(22)19)13(17)14(18)15(12)24-9(2)3/h6-9H,5H2,1-4H3,(H2,19,21). The molecule has 0 atom stereocenters. The summed E-state index contributed by atoms with van der Waals surface area (Å²) in [5.74, 6) is 1.65. The van der Waals surface area contributed by atoms with Gasteiger partial charge in [0.15, 0.2) is 11.5 Å². The lowest BCUT2D eigenvalue weighted by Crippen LogP contribution is -2.09. The number of imidazole rings is 1. The average molecular weight is 460 g/mol. The van der Waals surface area contributed by atoms with E-state index in [0.29, 0.717) is 24.1 Å². The summed E-state index contributed by atoms with van der Waals surface area (Å²) in [5, 5.41) is 4.35. The van der Waals surface area contributed by atoms with Gasteiger partial charge in [-0.15, -0.1) is 0 Å². The molecule has 0 spiro atoms. The van der Waals surface area contributed by atoms with Crippen LogP contribution in [0.2, 0.25) is 0 Å². The monoisotopic (exact) mass is 458 g/mol. The van der Waals surface area contributed by atoms with Gasteiger partial charge in [-0.1, -0.05) is 0 Å². The van der Waals surface area contributed by atoms with E-state index in [2.05, 4.69) is 41.9 Å². The van der Waals surface area contributed by atoms with Crippen molar-refractivity contribution in [3.05, 3.63) is 32.5 Å². The highest BCUT2D eigenvalue weighted by molar-refractivity contribution is 9.13. The van der Waals surface area contributed by atoms with E-state index in [0.717, 1.165) is 20.2 Å². The van der Waals surface area contributed by atoms with E-state index in [1.807, 2.05) is 33.8 Å². The van der Waals surface area contributed by atoms with Crippen LogP contribution in [0.15, 0.2) is 26.3 Å². The predicted octanol–water partition coefficient (Wildman–Crippen LogP) is 4.37. The second-order valence-electron chi connectivity index (χ2n) is 5.35. The van der Waals surface area contributed by atoms with Gasteiger partial charge in [0, 0.05) is 10.0 Å². The van der Waals surface area contributed by atoms with Gasteiger partial charge >= 0.3 is 0 Å². The van der Waals surface area contributed by atoms with Crippen molar-refractivity contribution in [1.82, 2.24) is 9.66 Å². The fourth-order valence-corrected chi connectivity index (χ4v) is 2.94. The van der Waals surface area contributed by atoms with Crippen LogP contribution in [0.1, 0.15) is 32.0 Å². The van der Waals surface area contributed by atoms with Crippen molar-refractivity contribution in [2.24, 2.45) is 5.10 Å². The van der Waals surface area contributed by atoms with Gasteiger partial charge in [-0.3, -0.25) is 0 Å². The minimum Gasteiger partial charge on any atom is -0.490 e. The summed E-state index contributed by atoms with van der Waals surface area (Å²) in [5.41, 5.74) is 7.43. The van der Waals surface area contributed by atoms with Crippen molar-refractivity contribution in [1.29, 1.82) is 0 Å². The van der Waals surface area contributed by atoms with Gasteiger partial charge in [-0.05, 0) is 65.6 Å². The Morgan fingerprint density at radius 1 is 1.38 bits per heavy atom. The van der Waals surface area contributed by atoms with E-state index in [4.69, 9.17) is 15.2 Å². The van der Waals surface area contributed by atoms with Crippen LogP contribution >= 0.6 is 31.9 Å². The maximum Gasteiger partial charge on any atom is 0.221 e. The number of halogens is 2. The minimum atomic E-state index is 0.0284. The highest BCUT2D eigenvalue weighted by atomic mass is 79.9. The fourth-order valence-electron chi connectivity index (χ4n) is 2.03. The molecule has 0 unspecified atom stereocenters. The molecule has 6 nitrogen and oxygen atoms in total. The van der Waals surface area contributed by atoms with E-state index < -0.39 is 0 Å². The summed E-state index contributed by atoms with van der Waals surface area (Å²) in [6, 6.07) is 1.87. The van der Waals surface area contributed by atoms with Crippen molar-refractivity contribution in [3.63, 3.8) is 0 Å².